The molecule has 1 aliphatic heterocycles. The summed E-state index contributed by atoms with van der Waals surface area (Å²) in [7, 11) is -1.71. The van der Waals surface area contributed by atoms with E-state index in [9.17, 15) is 13.2 Å². The lowest BCUT2D eigenvalue weighted by Gasteiger charge is -2.31. The molecule has 0 atom stereocenters. The van der Waals surface area contributed by atoms with Crippen LogP contribution in [0.2, 0.25) is 0 Å². The summed E-state index contributed by atoms with van der Waals surface area (Å²) in [5.74, 6) is -0.172. The van der Waals surface area contributed by atoms with Gasteiger partial charge in [-0.25, -0.2) is 12.7 Å². The number of aromatic nitrogens is 1. The van der Waals surface area contributed by atoms with E-state index in [1.807, 2.05) is 18.3 Å². The number of sulfonamides is 1. The van der Waals surface area contributed by atoms with Crippen molar-refractivity contribution in [2.45, 2.75) is 45.1 Å². The summed E-state index contributed by atoms with van der Waals surface area (Å²) < 4.78 is 32.0. The Morgan fingerprint density at radius 1 is 1.19 bits per heavy atom. The molecule has 3 aromatic rings. The fraction of sp³-hybridized carbons (Fsp3) is 0.464. The van der Waals surface area contributed by atoms with Crippen molar-refractivity contribution >= 4 is 26.8 Å². The van der Waals surface area contributed by atoms with Gasteiger partial charge in [-0.05, 0) is 78.6 Å². The van der Waals surface area contributed by atoms with Crippen LogP contribution < -0.4 is 11.1 Å². The Kier molecular flexibility index (Phi) is 9.02. The van der Waals surface area contributed by atoms with Gasteiger partial charge in [-0.1, -0.05) is 25.1 Å². The van der Waals surface area contributed by atoms with Crippen LogP contribution in [0, 0.1) is 0 Å². The molecule has 0 bridgehead atoms. The second-order valence-corrected chi connectivity index (χ2v) is 11.9. The number of hydrogen-bond donors (Lipinski definition) is 3. The number of carbonyl (C=O) groups excluding carboxylic acids is 1. The maximum atomic E-state index is 12.7. The number of benzene rings is 2. The molecule has 0 spiro atoms. The third-order valence-electron chi connectivity index (χ3n) is 7.14. The normalized spacial score (nSPS) is 15.4. The summed E-state index contributed by atoms with van der Waals surface area (Å²) in [5.41, 5.74) is 11.3. The molecule has 9 heteroatoms. The average molecular weight is 527 g/mol. The molecule has 4 rings (SSSR count). The van der Waals surface area contributed by atoms with E-state index in [2.05, 4.69) is 41.5 Å². The van der Waals surface area contributed by atoms with Crippen LogP contribution >= 0.6 is 0 Å². The number of aromatic amines is 1. The number of fused-ring (bicyclic) bond motifs is 1. The second kappa shape index (κ2) is 12.2. The van der Waals surface area contributed by atoms with Crippen molar-refractivity contribution in [3.05, 3.63) is 59.3 Å². The molecule has 37 heavy (non-hydrogen) atoms. The molecule has 1 aromatic heterocycles. The molecule has 0 unspecified atom stereocenters. The third-order valence-corrected chi connectivity index (χ3v) is 9.10. The number of amides is 1. The number of nitrogens with one attached hydrogen (secondary N) is 2. The number of H-pyrrole nitrogens is 1. The first-order valence-electron chi connectivity index (χ1n) is 13.1. The third kappa shape index (κ3) is 6.41. The second-order valence-electron chi connectivity index (χ2n) is 9.77. The highest BCUT2D eigenvalue weighted by atomic mass is 32.2. The van der Waals surface area contributed by atoms with Crippen LogP contribution in [0.1, 0.15) is 60.0 Å². The zero-order valence-corrected chi connectivity index (χ0v) is 22.6. The zero-order chi connectivity index (χ0) is 26.4. The Bertz CT molecular complexity index is 1330. The van der Waals surface area contributed by atoms with E-state index >= 15 is 0 Å². The van der Waals surface area contributed by atoms with E-state index in [1.165, 1.54) is 5.56 Å². The van der Waals surface area contributed by atoms with Crippen LogP contribution in [0.15, 0.2) is 42.6 Å². The number of primary amides is 1. The molecule has 2 aromatic carbocycles. The van der Waals surface area contributed by atoms with E-state index in [0.29, 0.717) is 31.7 Å². The minimum atomic E-state index is -3.28. The van der Waals surface area contributed by atoms with Gasteiger partial charge >= 0.3 is 0 Å². The molecule has 200 valence electrons. The number of rotatable bonds is 12. The van der Waals surface area contributed by atoms with Gasteiger partial charge in [0.2, 0.25) is 10.0 Å². The van der Waals surface area contributed by atoms with E-state index in [1.54, 1.807) is 11.4 Å². The molecule has 0 saturated carbocycles. The highest BCUT2D eigenvalue weighted by molar-refractivity contribution is 7.89. The van der Waals surface area contributed by atoms with Gasteiger partial charge in [0.05, 0.1) is 16.8 Å². The van der Waals surface area contributed by atoms with Crippen LogP contribution in [0.4, 0.5) is 0 Å². The van der Waals surface area contributed by atoms with E-state index < -0.39 is 15.9 Å². The lowest BCUT2D eigenvalue weighted by atomic mass is 9.88. The summed E-state index contributed by atoms with van der Waals surface area (Å²) in [5, 5.41) is 4.41. The molecule has 1 aliphatic rings. The monoisotopic (exact) mass is 526 g/mol. The lowest BCUT2D eigenvalue weighted by molar-refractivity contribution is 0.100. The zero-order valence-electron chi connectivity index (χ0n) is 21.8. The summed E-state index contributed by atoms with van der Waals surface area (Å²) in [6.07, 6.45) is 4.98. The van der Waals surface area contributed by atoms with Gasteiger partial charge in [-0.2, -0.15) is 0 Å². The molecular formula is C28H38N4O4S. The number of nitrogens with two attached hydrogens (primary N) is 1. The summed E-state index contributed by atoms with van der Waals surface area (Å²) in [6, 6.07) is 12.3. The minimum absolute atomic E-state index is 0.108. The number of methoxy groups -OCH3 is 1. The quantitative estimate of drug-likeness (QED) is 0.309. The van der Waals surface area contributed by atoms with Crippen LogP contribution in [0.3, 0.4) is 0 Å². The molecule has 1 saturated heterocycles. The molecule has 0 aliphatic carbocycles. The first kappa shape index (κ1) is 27.3. The van der Waals surface area contributed by atoms with Crippen molar-refractivity contribution in [2.24, 2.45) is 5.73 Å². The van der Waals surface area contributed by atoms with Gasteiger partial charge in [0.25, 0.3) is 5.91 Å². The number of nitrogens with zero attached hydrogens (tertiary/aromatic N) is 1. The number of hydrogen-bond acceptors (Lipinski definition) is 5. The van der Waals surface area contributed by atoms with Crippen molar-refractivity contribution in [1.82, 2.24) is 14.6 Å². The standard InChI is InChI=1S/C28H38N4O4S/c1-3-10-30-18-20-6-4-7-22(15-20)23-16-24-26(19-31-27(24)25(17-23)28(29)33)21-8-11-32(12-9-21)37(34,35)14-5-13-36-2/h4,6-7,15-17,19,21,30-31H,3,5,8-14,18H2,1-2H3,(H2,29,33). The molecule has 1 amide bonds. The molecule has 8 nitrogen and oxygen atoms in total. The smallest absolute Gasteiger partial charge is 0.250 e. The predicted octanol–water partition coefficient (Wildman–Crippen LogP) is 3.98. The Balaban J connectivity index is 1.60. The maximum Gasteiger partial charge on any atom is 0.250 e. The van der Waals surface area contributed by atoms with Crippen molar-refractivity contribution in [2.75, 3.05) is 39.1 Å². The van der Waals surface area contributed by atoms with Gasteiger partial charge in [-0.15, -0.1) is 0 Å². The largest absolute Gasteiger partial charge is 0.385 e. The van der Waals surface area contributed by atoms with Crippen LogP contribution in [-0.4, -0.2) is 62.7 Å². The van der Waals surface area contributed by atoms with Gasteiger partial charge in [-0.3, -0.25) is 4.79 Å². The molecule has 2 heterocycles. The highest BCUT2D eigenvalue weighted by Gasteiger charge is 2.30. The first-order valence-corrected chi connectivity index (χ1v) is 14.7. The van der Waals surface area contributed by atoms with Crippen LogP contribution in [0.25, 0.3) is 22.0 Å². The van der Waals surface area contributed by atoms with Crippen molar-refractivity contribution in [3.63, 3.8) is 0 Å². The van der Waals surface area contributed by atoms with E-state index in [4.69, 9.17) is 10.5 Å². The van der Waals surface area contributed by atoms with E-state index in [0.717, 1.165) is 59.9 Å². The topological polar surface area (TPSA) is 118 Å². The highest BCUT2D eigenvalue weighted by Crippen LogP contribution is 2.37. The van der Waals surface area contributed by atoms with Gasteiger partial charge in [0.1, 0.15) is 0 Å². The lowest BCUT2D eigenvalue weighted by Crippen LogP contribution is -2.39. The van der Waals surface area contributed by atoms with Gasteiger partial charge < -0.3 is 20.8 Å². The first-order chi connectivity index (χ1) is 17.8. The number of piperidine rings is 1. The maximum absolute atomic E-state index is 12.7. The van der Waals surface area contributed by atoms with Gasteiger partial charge in [0, 0.05) is 44.9 Å². The minimum Gasteiger partial charge on any atom is -0.385 e. The predicted molar refractivity (Wildman–Crippen MR) is 148 cm³/mol. The average Bonchev–Trinajstić information content (AvgIpc) is 3.32. The van der Waals surface area contributed by atoms with Crippen LogP contribution in [0.5, 0.6) is 0 Å². The van der Waals surface area contributed by atoms with Crippen molar-refractivity contribution in [1.29, 1.82) is 0 Å². The number of carbonyl (C=O) groups is 1. The molecule has 4 N–H and O–H groups in total. The summed E-state index contributed by atoms with van der Waals surface area (Å²) in [6.45, 7) is 5.30. The number of ether oxygens (including phenoxy) is 1. The fourth-order valence-electron chi connectivity index (χ4n) is 5.18. The van der Waals surface area contributed by atoms with Crippen molar-refractivity contribution in [3.8, 4) is 11.1 Å². The Labute approximate surface area is 219 Å². The Hall–Kier alpha value is -2.72. The van der Waals surface area contributed by atoms with E-state index in [-0.39, 0.29) is 11.7 Å². The summed E-state index contributed by atoms with van der Waals surface area (Å²) >= 11 is 0. The SMILES string of the molecule is CCCNCc1cccc(-c2cc(C(N)=O)c3[nH]cc(C4CCN(S(=O)(=O)CCCOC)CC4)c3c2)c1. The molecule has 1 fully saturated rings. The Morgan fingerprint density at radius 3 is 2.68 bits per heavy atom. The van der Waals surface area contributed by atoms with Gasteiger partial charge in [0.15, 0.2) is 0 Å². The summed E-state index contributed by atoms with van der Waals surface area (Å²) in [4.78, 5) is 15.7. The van der Waals surface area contributed by atoms with Crippen molar-refractivity contribution < 1.29 is 17.9 Å². The Morgan fingerprint density at radius 2 is 1.97 bits per heavy atom. The molecular weight excluding hydrogens is 488 g/mol. The molecule has 0 radical (unpaired) electrons. The fourth-order valence-corrected chi connectivity index (χ4v) is 6.69. The van der Waals surface area contributed by atoms with Crippen LogP contribution in [-0.2, 0) is 21.3 Å².